The molecule has 0 aliphatic rings. The highest BCUT2D eigenvalue weighted by atomic mass is 35.5. The number of carbonyl (C=O) groups is 3. The molecule has 0 spiro atoms. The average molecular weight is 373 g/mol. The molecule has 2 amide bonds. The van der Waals surface area contributed by atoms with Crippen molar-refractivity contribution in [2.24, 2.45) is 0 Å². The monoisotopic (exact) mass is 372 g/mol. The Labute approximate surface area is 150 Å². The molecule has 0 bridgehead atoms. The Hall–Kier alpha value is -2.05. The molecule has 0 saturated heterocycles. The number of esters is 1. The van der Waals surface area contributed by atoms with Crippen LogP contribution < -0.4 is 10.6 Å². The molecule has 0 radical (unpaired) electrons. The Bertz CT molecular complexity index is 625. The number of rotatable bonds is 7. The molecule has 24 heavy (non-hydrogen) atoms. The molecule has 2 N–H and O–H groups in total. The molecule has 1 aromatic rings. The van der Waals surface area contributed by atoms with Crippen molar-refractivity contribution in [3.63, 3.8) is 0 Å². The van der Waals surface area contributed by atoms with Crippen LogP contribution in [0, 0.1) is 0 Å². The van der Waals surface area contributed by atoms with Gasteiger partial charge >= 0.3 is 5.97 Å². The van der Waals surface area contributed by atoms with Gasteiger partial charge in [0.25, 0.3) is 5.91 Å². The first kappa shape index (κ1) is 20.0. The largest absolute Gasteiger partial charge is 0.452 e. The zero-order valence-corrected chi connectivity index (χ0v) is 14.8. The van der Waals surface area contributed by atoms with Crippen LogP contribution in [0.2, 0.25) is 10.0 Å². The van der Waals surface area contributed by atoms with E-state index in [0.717, 1.165) is 6.08 Å². The fourth-order valence-corrected chi connectivity index (χ4v) is 2.13. The number of hydrogen-bond acceptors (Lipinski definition) is 4. The van der Waals surface area contributed by atoms with Crippen LogP contribution in [-0.2, 0) is 19.1 Å². The Morgan fingerprint density at radius 3 is 2.38 bits per heavy atom. The van der Waals surface area contributed by atoms with Crippen molar-refractivity contribution in [3.8, 4) is 0 Å². The molecule has 0 aromatic heterocycles. The predicted molar refractivity (Wildman–Crippen MR) is 92.7 cm³/mol. The van der Waals surface area contributed by atoms with Crippen LogP contribution in [0.25, 0.3) is 6.08 Å². The van der Waals surface area contributed by atoms with Crippen LogP contribution in [0.15, 0.2) is 24.3 Å². The lowest BCUT2D eigenvalue weighted by molar-refractivity contribution is -0.143. The molecule has 0 atom stereocenters. The standard InChI is InChI=1S/C16H18Cl2N2O4/c1-10(2)20-14(21)8-19-15(22)9-24-16(23)7-6-11-12(17)4-3-5-13(11)18/h3-7,10H,8-9H2,1-2H3,(H,19,22)(H,20,21)/b7-6+. The minimum absolute atomic E-state index is 0.0194. The van der Waals surface area contributed by atoms with Gasteiger partial charge in [0.15, 0.2) is 6.61 Å². The summed E-state index contributed by atoms with van der Waals surface area (Å²) in [6.45, 7) is 2.94. The highest BCUT2D eigenvalue weighted by Crippen LogP contribution is 2.25. The van der Waals surface area contributed by atoms with Gasteiger partial charge in [-0.2, -0.15) is 0 Å². The van der Waals surface area contributed by atoms with Crippen LogP contribution in [0.4, 0.5) is 0 Å². The maximum Gasteiger partial charge on any atom is 0.331 e. The first-order valence-corrected chi connectivity index (χ1v) is 7.90. The van der Waals surface area contributed by atoms with Gasteiger partial charge in [0.2, 0.25) is 5.91 Å². The Morgan fingerprint density at radius 1 is 1.17 bits per heavy atom. The molecular formula is C16H18Cl2N2O4. The maximum atomic E-state index is 11.6. The van der Waals surface area contributed by atoms with Crippen molar-refractivity contribution < 1.29 is 19.1 Å². The number of carbonyl (C=O) groups excluding carboxylic acids is 3. The number of hydrogen-bond donors (Lipinski definition) is 2. The van der Waals surface area contributed by atoms with E-state index >= 15 is 0 Å². The normalized spacial score (nSPS) is 10.7. The number of halogens is 2. The summed E-state index contributed by atoms with van der Waals surface area (Å²) >= 11 is 11.9. The van der Waals surface area contributed by atoms with E-state index in [9.17, 15) is 14.4 Å². The minimum atomic E-state index is -0.729. The molecule has 0 fully saturated rings. The lowest BCUT2D eigenvalue weighted by Gasteiger charge is -2.09. The second-order valence-corrected chi connectivity index (χ2v) is 5.89. The summed E-state index contributed by atoms with van der Waals surface area (Å²) in [4.78, 5) is 34.4. The van der Waals surface area contributed by atoms with E-state index in [4.69, 9.17) is 27.9 Å². The number of amides is 2. The van der Waals surface area contributed by atoms with Crippen LogP contribution in [0.3, 0.4) is 0 Å². The third-order valence-electron chi connectivity index (χ3n) is 2.63. The zero-order chi connectivity index (χ0) is 18.1. The molecule has 130 valence electrons. The SMILES string of the molecule is CC(C)NC(=O)CNC(=O)COC(=O)/C=C/c1c(Cl)cccc1Cl. The first-order chi connectivity index (χ1) is 11.3. The Kier molecular flexibility index (Phi) is 8.29. The topological polar surface area (TPSA) is 84.5 Å². The van der Waals surface area contributed by atoms with Gasteiger partial charge < -0.3 is 15.4 Å². The summed E-state index contributed by atoms with van der Waals surface area (Å²) in [6, 6.07) is 4.93. The molecule has 0 aliphatic carbocycles. The van der Waals surface area contributed by atoms with E-state index in [-0.39, 0.29) is 18.5 Å². The van der Waals surface area contributed by atoms with Crippen molar-refractivity contribution in [2.45, 2.75) is 19.9 Å². The van der Waals surface area contributed by atoms with Gasteiger partial charge in [-0.3, -0.25) is 9.59 Å². The lowest BCUT2D eigenvalue weighted by Crippen LogP contribution is -2.41. The lowest BCUT2D eigenvalue weighted by atomic mass is 10.2. The number of benzene rings is 1. The van der Waals surface area contributed by atoms with Crippen molar-refractivity contribution in [2.75, 3.05) is 13.2 Å². The Morgan fingerprint density at radius 2 is 1.79 bits per heavy atom. The molecule has 0 heterocycles. The van der Waals surface area contributed by atoms with Gasteiger partial charge in [0.1, 0.15) is 0 Å². The van der Waals surface area contributed by atoms with Gasteiger partial charge in [-0.1, -0.05) is 29.3 Å². The molecule has 6 nitrogen and oxygen atoms in total. The smallest absolute Gasteiger partial charge is 0.331 e. The van der Waals surface area contributed by atoms with Crippen molar-refractivity contribution in [3.05, 3.63) is 39.9 Å². The van der Waals surface area contributed by atoms with Gasteiger partial charge in [0, 0.05) is 27.7 Å². The van der Waals surface area contributed by atoms with Crippen LogP contribution in [-0.4, -0.2) is 37.0 Å². The summed E-state index contributed by atoms with van der Waals surface area (Å²) in [5.74, 6) is -1.63. The predicted octanol–water partition coefficient (Wildman–Crippen LogP) is 2.19. The molecular weight excluding hydrogens is 355 g/mol. The highest BCUT2D eigenvalue weighted by molar-refractivity contribution is 6.37. The molecule has 0 unspecified atom stereocenters. The van der Waals surface area contributed by atoms with Crippen LogP contribution >= 0.6 is 23.2 Å². The second-order valence-electron chi connectivity index (χ2n) is 5.08. The van der Waals surface area contributed by atoms with E-state index in [2.05, 4.69) is 10.6 Å². The highest BCUT2D eigenvalue weighted by Gasteiger charge is 2.09. The molecule has 1 aromatic carbocycles. The summed E-state index contributed by atoms with van der Waals surface area (Å²) in [7, 11) is 0. The summed E-state index contributed by atoms with van der Waals surface area (Å²) in [5.41, 5.74) is 0.479. The van der Waals surface area contributed by atoms with E-state index in [1.807, 2.05) is 0 Å². The average Bonchev–Trinajstić information content (AvgIpc) is 2.49. The fourth-order valence-electron chi connectivity index (χ4n) is 1.61. The van der Waals surface area contributed by atoms with Crippen LogP contribution in [0.1, 0.15) is 19.4 Å². The molecule has 8 heteroatoms. The van der Waals surface area contributed by atoms with Crippen molar-refractivity contribution in [1.82, 2.24) is 10.6 Å². The summed E-state index contributed by atoms with van der Waals surface area (Å²) in [5, 5.41) is 5.73. The number of ether oxygens (including phenoxy) is 1. The zero-order valence-electron chi connectivity index (χ0n) is 13.3. The second kappa shape index (κ2) is 9.95. The summed E-state index contributed by atoms with van der Waals surface area (Å²) in [6.07, 6.45) is 2.52. The fraction of sp³-hybridized carbons (Fsp3) is 0.312. The molecule has 0 saturated carbocycles. The number of nitrogens with one attached hydrogen (secondary N) is 2. The quantitative estimate of drug-likeness (QED) is 0.567. The van der Waals surface area contributed by atoms with E-state index < -0.39 is 18.5 Å². The third-order valence-corrected chi connectivity index (χ3v) is 3.29. The van der Waals surface area contributed by atoms with Crippen molar-refractivity contribution in [1.29, 1.82) is 0 Å². The third kappa shape index (κ3) is 7.48. The maximum absolute atomic E-state index is 11.6. The first-order valence-electron chi connectivity index (χ1n) is 7.14. The minimum Gasteiger partial charge on any atom is -0.452 e. The van der Waals surface area contributed by atoms with Crippen molar-refractivity contribution >= 4 is 47.1 Å². The van der Waals surface area contributed by atoms with E-state index in [0.29, 0.717) is 15.6 Å². The Balaban J connectivity index is 2.39. The van der Waals surface area contributed by atoms with Gasteiger partial charge in [-0.15, -0.1) is 0 Å². The molecule has 0 aliphatic heterocycles. The van der Waals surface area contributed by atoms with E-state index in [1.54, 1.807) is 32.0 Å². The van der Waals surface area contributed by atoms with Gasteiger partial charge in [0.05, 0.1) is 6.54 Å². The van der Waals surface area contributed by atoms with Gasteiger partial charge in [-0.05, 0) is 32.1 Å². The van der Waals surface area contributed by atoms with Gasteiger partial charge in [-0.25, -0.2) is 4.79 Å². The molecule has 1 rings (SSSR count). The van der Waals surface area contributed by atoms with E-state index in [1.165, 1.54) is 6.08 Å². The van der Waals surface area contributed by atoms with Crippen LogP contribution in [0.5, 0.6) is 0 Å². The summed E-state index contributed by atoms with van der Waals surface area (Å²) < 4.78 is 4.76.